The number of nitrogens with zero attached hydrogens (tertiary/aromatic N) is 1. The zero-order valence-corrected chi connectivity index (χ0v) is 11.6. The predicted octanol–water partition coefficient (Wildman–Crippen LogP) is 2.25. The van der Waals surface area contributed by atoms with Gasteiger partial charge in [-0.1, -0.05) is 41.1 Å². The molecule has 0 N–H and O–H groups in total. The first-order valence-corrected chi connectivity index (χ1v) is 6.95. The maximum absolute atomic E-state index is 12.3. The van der Waals surface area contributed by atoms with Crippen molar-refractivity contribution in [2.24, 2.45) is 0 Å². The van der Waals surface area contributed by atoms with Crippen molar-refractivity contribution in [1.82, 2.24) is 4.31 Å². The van der Waals surface area contributed by atoms with Gasteiger partial charge in [-0.05, 0) is 12.1 Å². The molecule has 1 aromatic rings. The second kappa shape index (κ2) is 6.13. The van der Waals surface area contributed by atoms with Gasteiger partial charge in [0.1, 0.15) is 4.90 Å². The van der Waals surface area contributed by atoms with Crippen LogP contribution in [0.1, 0.15) is 0 Å². The highest BCUT2D eigenvalue weighted by atomic mass is 35.5. The van der Waals surface area contributed by atoms with Crippen molar-refractivity contribution in [3.8, 4) is 24.7 Å². The molecule has 94 valence electrons. The summed E-state index contributed by atoms with van der Waals surface area (Å²) in [5, 5.41) is 0.0584. The van der Waals surface area contributed by atoms with Gasteiger partial charge in [0.05, 0.1) is 23.1 Å². The molecule has 0 unspecified atom stereocenters. The number of halogens is 2. The maximum Gasteiger partial charge on any atom is 0.247 e. The van der Waals surface area contributed by atoms with E-state index in [1.54, 1.807) is 6.07 Å². The first kappa shape index (κ1) is 14.9. The number of hydrogen-bond acceptors (Lipinski definition) is 2. The van der Waals surface area contributed by atoms with E-state index in [0.717, 1.165) is 4.31 Å². The van der Waals surface area contributed by atoms with Gasteiger partial charge in [0, 0.05) is 0 Å². The zero-order valence-electron chi connectivity index (χ0n) is 9.23. The summed E-state index contributed by atoms with van der Waals surface area (Å²) in [4.78, 5) is -0.182. The van der Waals surface area contributed by atoms with Gasteiger partial charge in [-0.25, -0.2) is 8.42 Å². The molecular formula is C12H9Cl2NO2S. The van der Waals surface area contributed by atoms with E-state index < -0.39 is 10.0 Å². The molecule has 18 heavy (non-hydrogen) atoms. The summed E-state index contributed by atoms with van der Waals surface area (Å²) in [7, 11) is -3.90. The molecule has 0 aliphatic rings. The van der Waals surface area contributed by atoms with E-state index in [0.29, 0.717) is 0 Å². The summed E-state index contributed by atoms with van der Waals surface area (Å²) >= 11 is 11.7. The Bertz CT molecular complexity index is 590. The molecule has 6 heteroatoms. The highest BCUT2D eigenvalue weighted by molar-refractivity contribution is 7.89. The molecule has 3 nitrogen and oxygen atoms in total. The molecular weight excluding hydrogens is 293 g/mol. The Labute approximate surface area is 117 Å². The highest BCUT2D eigenvalue weighted by Gasteiger charge is 2.27. The number of rotatable bonds is 4. The Hall–Kier alpha value is -1.17. The Morgan fingerprint density at radius 1 is 1.11 bits per heavy atom. The minimum Gasteiger partial charge on any atom is -0.207 e. The van der Waals surface area contributed by atoms with Crippen LogP contribution in [0, 0.1) is 24.7 Å². The second-order valence-electron chi connectivity index (χ2n) is 3.23. The van der Waals surface area contributed by atoms with Crippen LogP contribution < -0.4 is 0 Å². The summed E-state index contributed by atoms with van der Waals surface area (Å²) in [6, 6.07) is 4.42. The highest BCUT2D eigenvalue weighted by Crippen LogP contribution is 2.31. The van der Waals surface area contributed by atoms with Gasteiger partial charge in [0.15, 0.2) is 0 Å². The molecule has 0 fully saturated rings. The molecule has 0 aliphatic heterocycles. The van der Waals surface area contributed by atoms with Crippen molar-refractivity contribution >= 4 is 33.2 Å². The first-order chi connectivity index (χ1) is 8.45. The molecule has 1 rings (SSSR count). The quantitative estimate of drug-likeness (QED) is 0.800. The van der Waals surface area contributed by atoms with E-state index in [1.165, 1.54) is 12.1 Å². The van der Waals surface area contributed by atoms with Gasteiger partial charge >= 0.3 is 0 Å². The first-order valence-electron chi connectivity index (χ1n) is 4.76. The van der Waals surface area contributed by atoms with E-state index >= 15 is 0 Å². The molecule has 0 saturated heterocycles. The van der Waals surface area contributed by atoms with Gasteiger partial charge in [0.2, 0.25) is 10.0 Å². The molecule has 1 aromatic carbocycles. The number of sulfonamides is 1. The number of benzene rings is 1. The maximum atomic E-state index is 12.3. The van der Waals surface area contributed by atoms with Crippen molar-refractivity contribution in [3.05, 3.63) is 28.2 Å². The lowest BCUT2D eigenvalue weighted by Gasteiger charge is -2.18. The predicted molar refractivity (Wildman–Crippen MR) is 72.9 cm³/mol. The molecule has 0 aliphatic carbocycles. The average molecular weight is 302 g/mol. The molecule has 0 atom stereocenters. The Balaban J connectivity index is 3.37. The van der Waals surface area contributed by atoms with Crippen LogP contribution in [0.25, 0.3) is 0 Å². The Morgan fingerprint density at radius 3 is 1.94 bits per heavy atom. The van der Waals surface area contributed by atoms with Crippen LogP contribution in [-0.4, -0.2) is 25.8 Å². The van der Waals surface area contributed by atoms with Gasteiger partial charge in [-0.2, -0.15) is 4.31 Å². The third-order valence-corrected chi connectivity index (χ3v) is 4.80. The third kappa shape index (κ3) is 2.98. The fourth-order valence-corrected chi connectivity index (χ4v) is 3.65. The van der Waals surface area contributed by atoms with Crippen molar-refractivity contribution in [1.29, 1.82) is 0 Å². The lowest BCUT2D eigenvalue weighted by Crippen LogP contribution is -2.32. The summed E-state index contributed by atoms with van der Waals surface area (Å²) in [6.07, 6.45) is 10.2. The van der Waals surface area contributed by atoms with Crippen molar-refractivity contribution in [3.63, 3.8) is 0 Å². The molecule has 0 amide bonds. The van der Waals surface area contributed by atoms with E-state index in [9.17, 15) is 8.42 Å². The van der Waals surface area contributed by atoms with Crippen LogP contribution in [0.2, 0.25) is 10.0 Å². The monoisotopic (exact) mass is 301 g/mol. The van der Waals surface area contributed by atoms with E-state index in [4.69, 9.17) is 36.0 Å². The molecule has 0 heterocycles. The van der Waals surface area contributed by atoms with E-state index in [1.807, 2.05) is 0 Å². The topological polar surface area (TPSA) is 37.4 Å². The SMILES string of the molecule is C#CCN(CC#C)S(=O)(=O)c1c(Cl)cccc1Cl. The van der Waals surface area contributed by atoms with Gasteiger partial charge < -0.3 is 0 Å². The standard InChI is InChI=1S/C12H9Cl2NO2S/c1-3-8-15(9-4-2)18(16,17)12-10(13)6-5-7-11(12)14/h1-2,5-7H,8-9H2. The number of hydrogen-bond donors (Lipinski definition) is 0. The van der Waals surface area contributed by atoms with Crippen molar-refractivity contribution < 1.29 is 8.42 Å². The Kier molecular flexibility index (Phi) is 5.07. The normalized spacial score (nSPS) is 10.9. The lowest BCUT2D eigenvalue weighted by atomic mass is 10.4. The minimum absolute atomic E-state index is 0.0292. The van der Waals surface area contributed by atoms with E-state index in [-0.39, 0.29) is 28.0 Å². The van der Waals surface area contributed by atoms with Gasteiger partial charge in [0.25, 0.3) is 0 Å². The van der Waals surface area contributed by atoms with Crippen LogP contribution >= 0.6 is 23.2 Å². The summed E-state index contributed by atoms with van der Waals surface area (Å²) in [5.41, 5.74) is 0. The molecule has 0 saturated carbocycles. The van der Waals surface area contributed by atoms with Gasteiger partial charge in [-0.15, -0.1) is 12.8 Å². The summed E-state index contributed by atoms with van der Waals surface area (Å²) < 4.78 is 25.6. The largest absolute Gasteiger partial charge is 0.247 e. The Morgan fingerprint density at radius 2 is 1.56 bits per heavy atom. The zero-order chi connectivity index (χ0) is 13.8. The summed E-state index contributed by atoms with van der Waals surface area (Å²) in [6.45, 7) is -0.290. The van der Waals surface area contributed by atoms with Crippen LogP contribution in [0.5, 0.6) is 0 Å². The molecule has 0 spiro atoms. The average Bonchev–Trinajstić information content (AvgIpc) is 2.28. The van der Waals surface area contributed by atoms with Crippen LogP contribution in [0.4, 0.5) is 0 Å². The van der Waals surface area contributed by atoms with Crippen LogP contribution in [0.3, 0.4) is 0 Å². The van der Waals surface area contributed by atoms with Crippen LogP contribution in [0.15, 0.2) is 23.1 Å². The minimum atomic E-state index is -3.90. The van der Waals surface area contributed by atoms with Crippen molar-refractivity contribution in [2.45, 2.75) is 4.90 Å². The lowest BCUT2D eigenvalue weighted by molar-refractivity contribution is 0.482. The third-order valence-electron chi connectivity index (χ3n) is 2.05. The number of terminal acetylenes is 2. The van der Waals surface area contributed by atoms with Crippen LogP contribution in [-0.2, 0) is 10.0 Å². The second-order valence-corrected chi connectivity index (χ2v) is 5.92. The fourth-order valence-electron chi connectivity index (χ4n) is 1.29. The van der Waals surface area contributed by atoms with Crippen molar-refractivity contribution in [2.75, 3.05) is 13.1 Å². The van der Waals surface area contributed by atoms with E-state index in [2.05, 4.69) is 11.8 Å². The van der Waals surface area contributed by atoms with Gasteiger partial charge in [-0.3, -0.25) is 0 Å². The fraction of sp³-hybridized carbons (Fsp3) is 0.167. The molecule has 0 bridgehead atoms. The molecule has 0 aromatic heterocycles. The molecule has 0 radical (unpaired) electrons. The smallest absolute Gasteiger partial charge is 0.207 e. The summed E-state index contributed by atoms with van der Waals surface area (Å²) in [5.74, 6) is 4.46.